The highest BCUT2D eigenvalue weighted by atomic mass is 79.9. The molecule has 0 spiro atoms. The first-order valence-corrected chi connectivity index (χ1v) is 7.91. The van der Waals surface area contributed by atoms with Gasteiger partial charge >= 0.3 is 0 Å². The van der Waals surface area contributed by atoms with E-state index in [0.29, 0.717) is 16.5 Å². The number of aromatic nitrogens is 2. The highest BCUT2D eigenvalue weighted by Gasteiger charge is 2.18. The molecule has 2 rings (SSSR count). The number of halogens is 3. The molecule has 108 valence electrons. The summed E-state index contributed by atoms with van der Waals surface area (Å²) in [6.07, 6.45) is 0.633. The summed E-state index contributed by atoms with van der Waals surface area (Å²) in [5.41, 5.74) is 9.13. The van der Waals surface area contributed by atoms with Crippen molar-refractivity contribution in [1.82, 2.24) is 9.78 Å². The molecule has 0 aliphatic carbocycles. The van der Waals surface area contributed by atoms with Crippen LogP contribution in [0.4, 0.5) is 0 Å². The number of nitrogens with zero attached hydrogens (tertiary/aromatic N) is 2. The van der Waals surface area contributed by atoms with Crippen molar-refractivity contribution in [2.75, 3.05) is 0 Å². The molecule has 0 fully saturated rings. The molecule has 0 aliphatic heterocycles. The first kappa shape index (κ1) is 15.8. The van der Waals surface area contributed by atoms with E-state index in [4.69, 9.17) is 28.9 Å². The highest BCUT2D eigenvalue weighted by Crippen LogP contribution is 2.30. The number of hydrogen-bond donors (Lipinski definition) is 1. The Hall–Kier alpha value is -0.550. The molecule has 2 N–H and O–H groups in total. The number of hydrogen-bond acceptors (Lipinski definition) is 2. The molecule has 0 aliphatic rings. The predicted octanol–water partition coefficient (Wildman–Crippen LogP) is 4.52. The molecule has 3 nitrogen and oxygen atoms in total. The second-order valence-corrected chi connectivity index (χ2v) is 6.31. The molecular formula is C14H16BrCl2N3. The van der Waals surface area contributed by atoms with Gasteiger partial charge in [-0.2, -0.15) is 5.10 Å². The predicted molar refractivity (Wildman–Crippen MR) is 87.4 cm³/mol. The smallest absolute Gasteiger partial charge is 0.0847 e. The van der Waals surface area contributed by atoms with Crippen LogP contribution in [0.1, 0.15) is 29.9 Å². The van der Waals surface area contributed by atoms with E-state index < -0.39 is 0 Å². The van der Waals surface area contributed by atoms with Gasteiger partial charge in [0.15, 0.2) is 0 Å². The molecule has 6 heteroatoms. The van der Waals surface area contributed by atoms with Crippen LogP contribution in [0.25, 0.3) is 0 Å². The van der Waals surface area contributed by atoms with Crippen molar-refractivity contribution in [3.05, 3.63) is 49.7 Å². The van der Waals surface area contributed by atoms with Gasteiger partial charge in [0, 0.05) is 28.5 Å². The minimum Gasteiger partial charge on any atom is -0.324 e. The number of benzene rings is 1. The maximum absolute atomic E-state index is 6.32. The average molecular weight is 377 g/mol. The van der Waals surface area contributed by atoms with Crippen LogP contribution < -0.4 is 5.73 Å². The van der Waals surface area contributed by atoms with E-state index in [0.717, 1.165) is 28.0 Å². The summed E-state index contributed by atoms with van der Waals surface area (Å²) >= 11 is 15.8. The second kappa shape index (κ2) is 6.48. The monoisotopic (exact) mass is 375 g/mol. The molecule has 0 amide bonds. The van der Waals surface area contributed by atoms with E-state index in [-0.39, 0.29) is 6.04 Å². The van der Waals surface area contributed by atoms with Gasteiger partial charge in [-0.1, -0.05) is 45.2 Å². The zero-order valence-corrected chi connectivity index (χ0v) is 14.4. The van der Waals surface area contributed by atoms with Gasteiger partial charge in [0.1, 0.15) is 0 Å². The van der Waals surface area contributed by atoms with Crippen molar-refractivity contribution in [3.63, 3.8) is 0 Å². The van der Waals surface area contributed by atoms with Gasteiger partial charge in [-0.25, -0.2) is 0 Å². The Balaban J connectivity index is 2.30. The van der Waals surface area contributed by atoms with E-state index in [1.165, 1.54) is 0 Å². The lowest BCUT2D eigenvalue weighted by molar-refractivity contribution is 0.587. The summed E-state index contributed by atoms with van der Waals surface area (Å²) in [7, 11) is 0. The van der Waals surface area contributed by atoms with Crippen LogP contribution in [0.3, 0.4) is 0 Å². The molecule has 2 aromatic rings. The standard InChI is InChI=1S/C14H16BrCl2N3/c1-3-20-13(14(17)8(2)19-20)7-12(18)10-5-4-9(16)6-11(10)15/h4-6,12H,3,7,18H2,1-2H3. The SMILES string of the molecule is CCn1nc(C)c(Cl)c1CC(N)c1ccc(Cl)cc1Br. The second-order valence-electron chi connectivity index (χ2n) is 4.64. The minimum absolute atomic E-state index is 0.166. The fraction of sp³-hybridized carbons (Fsp3) is 0.357. The Bertz CT molecular complexity index is 625. The molecule has 0 saturated heterocycles. The van der Waals surface area contributed by atoms with Gasteiger partial charge in [0.2, 0.25) is 0 Å². The first-order chi connectivity index (χ1) is 9.43. The van der Waals surface area contributed by atoms with E-state index in [9.17, 15) is 0 Å². The van der Waals surface area contributed by atoms with E-state index in [1.807, 2.05) is 36.7 Å². The summed E-state index contributed by atoms with van der Waals surface area (Å²) in [5, 5.41) is 5.79. The molecule has 1 aromatic heterocycles. The zero-order chi connectivity index (χ0) is 14.9. The molecule has 1 heterocycles. The molecule has 20 heavy (non-hydrogen) atoms. The van der Waals surface area contributed by atoms with E-state index in [1.54, 1.807) is 0 Å². The Morgan fingerprint density at radius 1 is 1.40 bits per heavy atom. The van der Waals surface area contributed by atoms with Gasteiger partial charge in [-0.3, -0.25) is 4.68 Å². The molecule has 1 unspecified atom stereocenters. The number of nitrogens with two attached hydrogens (primary N) is 1. The van der Waals surface area contributed by atoms with Crippen LogP contribution in [0.5, 0.6) is 0 Å². The molecule has 0 radical (unpaired) electrons. The van der Waals surface area contributed by atoms with E-state index in [2.05, 4.69) is 21.0 Å². The highest BCUT2D eigenvalue weighted by molar-refractivity contribution is 9.10. The summed E-state index contributed by atoms with van der Waals surface area (Å²) in [6, 6.07) is 5.46. The molecule has 0 saturated carbocycles. The van der Waals surface area contributed by atoms with Crippen molar-refractivity contribution in [3.8, 4) is 0 Å². The third-order valence-electron chi connectivity index (χ3n) is 3.23. The van der Waals surface area contributed by atoms with Gasteiger partial charge in [0.25, 0.3) is 0 Å². The van der Waals surface area contributed by atoms with Crippen LogP contribution in [-0.4, -0.2) is 9.78 Å². The molecule has 0 bridgehead atoms. The molecular weight excluding hydrogens is 361 g/mol. The normalized spacial score (nSPS) is 12.7. The Labute approximate surface area is 137 Å². The molecule has 1 aromatic carbocycles. The lowest BCUT2D eigenvalue weighted by Gasteiger charge is -2.15. The van der Waals surface area contributed by atoms with Crippen LogP contribution >= 0.6 is 39.1 Å². The van der Waals surface area contributed by atoms with Crippen LogP contribution in [0.15, 0.2) is 22.7 Å². The number of rotatable bonds is 4. The number of aryl methyl sites for hydroxylation is 2. The van der Waals surface area contributed by atoms with Crippen molar-refractivity contribution >= 4 is 39.1 Å². The fourth-order valence-electron chi connectivity index (χ4n) is 2.18. The molecule has 1 atom stereocenters. The third kappa shape index (κ3) is 3.19. The van der Waals surface area contributed by atoms with Crippen molar-refractivity contribution in [2.24, 2.45) is 5.73 Å². The topological polar surface area (TPSA) is 43.8 Å². The maximum Gasteiger partial charge on any atom is 0.0847 e. The summed E-state index contributed by atoms with van der Waals surface area (Å²) < 4.78 is 2.81. The minimum atomic E-state index is -0.166. The van der Waals surface area contributed by atoms with E-state index >= 15 is 0 Å². The Morgan fingerprint density at radius 3 is 2.70 bits per heavy atom. The van der Waals surface area contributed by atoms with Crippen molar-refractivity contribution in [1.29, 1.82) is 0 Å². The summed E-state index contributed by atoms with van der Waals surface area (Å²) in [5.74, 6) is 0. The first-order valence-electron chi connectivity index (χ1n) is 6.36. The van der Waals surface area contributed by atoms with Gasteiger partial charge in [-0.05, 0) is 31.5 Å². The zero-order valence-electron chi connectivity index (χ0n) is 11.3. The lowest BCUT2D eigenvalue weighted by atomic mass is 10.0. The van der Waals surface area contributed by atoms with Crippen LogP contribution in [-0.2, 0) is 13.0 Å². The van der Waals surface area contributed by atoms with Crippen LogP contribution in [0.2, 0.25) is 10.0 Å². The summed E-state index contributed by atoms with van der Waals surface area (Å²) in [6.45, 7) is 4.72. The van der Waals surface area contributed by atoms with Crippen molar-refractivity contribution in [2.45, 2.75) is 32.9 Å². The summed E-state index contributed by atoms with van der Waals surface area (Å²) in [4.78, 5) is 0. The Morgan fingerprint density at radius 2 is 2.10 bits per heavy atom. The maximum atomic E-state index is 6.32. The fourth-order valence-corrected chi connectivity index (χ4v) is 3.37. The van der Waals surface area contributed by atoms with Crippen LogP contribution in [0, 0.1) is 6.92 Å². The quantitative estimate of drug-likeness (QED) is 0.852. The van der Waals surface area contributed by atoms with Crippen molar-refractivity contribution < 1.29 is 0 Å². The van der Waals surface area contributed by atoms with Gasteiger partial charge in [0.05, 0.1) is 16.4 Å². The van der Waals surface area contributed by atoms with Gasteiger partial charge in [-0.15, -0.1) is 0 Å². The lowest BCUT2D eigenvalue weighted by Crippen LogP contribution is -2.17. The average Bonchev–Trinajstić information content (AvgIpc) is 2.66. The van der Waals surface area contributed by atoms with Gasteiger partial charge < -0.3 is 5.73 Å². The Kier molecular flexibility index (Phi) is 5.13. The largest absolute Gasteiger partial charge is 0.324 e. The third-order valence-corrected chi connectivity index (χ3v) is 4.64.